The van der Waals surface area contributed by atoms with Gasteiger partial charge in [0.25, 0.3) is 0 Å². The molecule has 56 valence electrons. The Hall–Kier alpha value is -1.19. The van der Waals surface area contributed by atoms with Crippen LogP contribution in [-0.4, -0.2) is 24.3 Å². The average Bonchev–Trinajstić information content (AvgIpc) is 2.38. The molecule has 0 fully saturated rings. The molecule has 0 aliphatic carbocycles. The number of carbonyl (C=O) groups excluding carboxylic acids is 1. The molecule has 1 N–H and O–H groups in total. The lowest BCUT2D eigenvalue weighted by atomic mass is 10.8. The number of carbonyl (C=O) groups is 1. The summed E-state index contributed by atoms with van der Waals surface area (Å²) < 4.78 is 4.72. The number of hydrogen-bond donors (Lipinski definition) is 1. The maximum absolute atomic E-state index is 10.9. The summed E-state index contributed by atoms with van der Waals surface area (Å²) in [7, 11) is 0. The summed E-state index contributed by atoms with van der Waals surface area (Å²) in [5.41, 5.74) is 0. The van der Waals surface area contributed by atoms with Crippen molar-refractivity contribution in [3.63, 3.8) is 0 Å². The standard InChI is InChI=1S/C6H10N2O2/c1-2-10-6(9)8-4-3-7-5-8/h3-4,7H,2,5H2,1H3. The quantitative estimate of drug-likeness (QED) is 0.578. The lowest BCUT2D eigenvalue weighted by Crippen LogP contribution is -2.28. The van der Waals surface area contributed by atoms with Crippen molar-refractivity contribution in [2.45, 2.75) is 6.92 Å². The van der Waals surface area contributed by atoms with Crippen molar-refractivity contribution in [2.75, 3.05) is 13.3 Å². The second kappa shape index (κ2) is 3.10. The van der Waals surface area contributed by atoms with Gasteiger partial charge in [-0.1, -0.05) is 0 Å². The number of hydrogen-bond acceptors (Lipinski definition) is 3. The molecule has 10 heavy (non-hydrogen) atoms. The van der Waals surface area contributed by atoms with E-state index in [0.29, 0.717) is 13.3 Å². The molecule has 1 heterocycles. The highest BCUT2D eigenvalue weighted by atomic mass is 16.6. The first-order valence-corrected chi connectivity index (χ1v) is 3.18. The van der Waals surface area contributed by atoms with Crippen molar-refractivity contribution in [2.24, 2.45) is 0 Å². The first kappa shape index (κ1) is 6.92. The van der Waals surface area contributed by atoms with E-state index < -0.39 is 0 Å². The van der Waals surface area contributed by atoms with E-state index in [1.165, 1.54) is 4.90 Å². The predicted octanol–water partition coefficient (Wildman–Crippen LogP) is 0.477. The number of rotatable bonds is 1. The Balaban J connectivity index is 2.33. The summed E-state index contributed by atoms with van der Waals surface area (Å²) in [4.78, 5) is 12.3. The van der Waals surface area contributed by atoms with Crippen molar-refractivity contribution < 1.29 is 9.53 Å². The van der Waals surface area contributed by atoms with Crippen molar-refractivity contribution in [1.29, 1.82) is 0 Å². The van der Waals surface area contributed by atoms with Crippen LogP contribution >= 0.6 is 0 Å². The van der Waals surface area contributed by atoms with Gasteiger partial charge >= 0.3 is 6.09 Å². The fourth-order valence-corrected chi connectivity index (χ4v) is 0.678. The highest BCUT2D eigenvalue weighted by Gasteiger charge is 2.12. The number of nitrogens with zero attached hydrogens (tertiary/aromatic N) is 1. The van der Waals surface area contributed by atoms with E-state index in [2.05, 4.69) is 5.32 Å². The van der Waals surface area contributed by atoms with Crippen LogP contribution in [0.1, 0.15) is 6.92 Å². The molecule has 0 spiro atoms. The minimum absolute atomic E-state index is 0.302. The van der Waals surface area contributed by atoms with E-state index in [9.17, 15) is 4.79 Å². The third kappa shape index (κ3) is 1.40. The fraction of sp³-hybridized carbons (Fsp3) is 0.500. The fourth-order valence-electron chi connectivity index (χ4n) is 0.678. The van der Waals surface area contributed by atoms with Gasteiger partial charge in [-0.15, -0.1) is 0 Å². The molecule has 0 atom stereocenters. The molecule has 1 amide bonds. The Morgan fingerprint density at radius 2 is 2.70 bits per heavy atom. The van der Waals surface area contributed by atoms with Crippen LogP contribution in [0.15, 0.2) is 12.4 Å². The summed E-state index contributed by atoms with van der Waals surface area (Å²) in [5, 5.41) is 2.86. The molecule has 0 saturated heterocycles. The second-order valence-electron chi connectivity index (χ2n) is 1.85. The van der Waals surface area contributed by atoms with Crippen LogP contribution in [0, 0.1) is 0 Å². The summed E-state index contributed by atoms with van der Waals surface area (Å²) in [5.74, 6) is 0. The molecule has 0 aromatic carbocycles. The smallest absolute Gasteiger partial charge is 0.415 e. The third-order valence-electron chi connectivity index (χ3n) is 1.14. The third-order valence-corrected chi connectivity index (χ3v) is 1.14. The Morgan fingerprint density at radius 3 is 3.20 bits per heavy atom. The zero-order chi connectivity index (χ0) is 7.40. The Bertz CT molecular complexity index is 156. The van der Waals surface area contributed by atoms with Gasteiger partial charge in [-0.05, 0) is 6.92 Å². The number of nitrogens with one attached hydrogen (secondary N) is 1. The van der Waals surface area contributed by atoms with E-state index in [1.54, 1.807) is 19.3 Å². The van der Waals surface area contributed by atoms with Crippen LogP contribution in [0.5, 0.6) is 0 Å². The zero-order valence-electron chi connectivity index (χ0n) is 5.83. The van der Waals surface area contributed by atoms with Gasteiger partial charge in [0.05, 0.1) is 13.3 Å². The summed E-state index contributed by atoms with van der Waals surface area (Å²) in [6.07, 6.45) is 3.05. The summed E-state index contributed by atoms with van der Waals surface area (Å²) in [6, 6.07) is 0. The molecule has 0 aromatic heterocycles. The molecule has 4 heteroatoms. The molecule has 0 saturated carbocycles. The largest absolute Gasteiger partial charge is 0.449 e. The summed E-state index contributed by atoms with van der Waals surface area (Å²) >= 11 is 0. The van der Waals surface area contributed by atoms with Gasteiger partial charge in [-0.3, -0.25) is 4.90 Å². The van der Waals surface area contributed by atoms with E-state index >= 15 is 0 Å². The zero-order valence-corrected chi connectivity index (χ0v) is 5.83. The van der Waals surface area contributed by atoms with Crippen LogP contribution in [0.2, 0.25) is 0 Å². The molecule has 1 aliphatic heterocycles. The molecule has 1 aliphatic rings. The lowest BCUT2D eigenvalue weighted by Gasteiger charge is -2.10. The average molecular weight is 142 g/mol. The van der Waals surface area contributed by atoms with Crippen molar-refractivity contribution in [1.82, 2.24) is 10.2 Å². The van der Waals surface area contributed by atoms with Crippen LogP contribution in [0.4, 0.5) is 4.79 Å². The summed E-state index contributed by atoms with van der Waals surface area (Å²) in [6.45, 7) is 2.72. The predicted molar refractivity (Wildman–Crippen MR) is 36.0 cm³/mol. The number of ether oxygens (including phenoxy) is 1. The van der Waals surface area contributed by atoms with E-state index in [-0.39, 0.29) is 6.09 Å². The second-order valence-corrected chi connectivity index (χ2v) is 1.85. The van der Waals surface area contributed by atoms with Gasteiger partial charge in [-0.2, -0.15) is 0 Å². The van der Waals surface area contributed by atoms with Crippen LogP contribution in [-0.2, 0) is 4.74 Å². The Labute approximate surface area is 59.5 Å². The topological polar surface area (TPSA) is 41.6 Å². The monoisotopic (exact) mass is 142 g/mol. The van der Waals surface area contributed by atoms with Crippen LogP contribution < -0.4 is 5.32 Å². The minimum atomic E-state index is -0.302. The molecule has 0 bridgehead atoms. The van der Waals surface area contributed by atoms with Crippen molar-refractivity contribution in [3.05, 3.63) is 12.4 Å². The molecular weight excluding hydrogens is 132 g/mol. The molecule has 0 radical (unpaired) electrons. The minimum Gasteiger partial charge on any atom is -0.449 e. The Kier molecular flexibility index (Phi) is 2.15. The van der Waals surface area contributed by atoms with Gasteiger partial charge in [0, 0.05) is 12.4 Å². The molecule has 1 rings (SSSR count). The molecular formula is C6H10N2O2. The van der Waals surface area contributed by atoms with Crippen molar-refractivity contribution in [3.8, 4) is 0 Å². The van der Waals surface area contributed by atoms with Gasteiger partial charge < -0.3 is 10.1 Å². The van der Waals surface area contributed by atoms with Crippen LogP contribution in [0.3, 0.4) is 0 Å². The van der Waals surface area contributed by atoms with Gasteiger partial charge in [0.1, 0.15) is 0 Å². The normalized spacial score (nSPS) is 15.1. The van der Waals surface area contributed by atoms with Crippen molar-refractivity contribution >= 4 is 6.09 Å². The van der Waals surface area contributed by atoms with E-state index in [4.69, 9.17) is 4.74 Å². The molecule has 0 aromatic rings. The maximum Gasteiger partial charge on any atom is 0.415 e. The maximum atomic E-state index is 10.9. The highest BCUT2D eigenvalue weighted by Crippen LogP contribution is 1.97. The van der Waals surface area contributed by atoms with E-state index in [1.807, 2.05) is 0 Å². The van der Waals surface area contributed by atoms with E-state index in [0.717, 1.165) is 0 Å². The van der Waals surface area contributed by atoms with Crippen LogP contribution in [0.25, 0.3) is 0 Å². The SMILES string of the molecule is CCOC(=O)N1C=CNC1. The first-order valence-electron chi connectivity index (χ1n) is 3.18. The van der Waals surface area contributed by atoms with Gasteiger partial charge in [0.15, 0.2) is 0 Å². The Morgan fingerprint density at radius 1 is 1.90 bits per heavy atom. The highest BCUT2D eigenvalue weighted by molar-refractivity contribution is 5.69. The molecule has 4 nitrogen and oxygen atoms in total. The van der Waals surface area contributed by atoms with Gasteiger partial charge in [0.2, 0.25) is 0 Å². The first-order chi connectivity index (χ1) is 4.84. The lowest BCUT2D eigenvalue weighted by molar-refractivity contribution is 0.124. The number of amides is 1. The van der Waals surface area contributed by atoms with Gasteiger partial charge in [-0.25, -0.2) is 4.79 Å². The molecule has 0 unspecified atom stereocenters.